The van der Waals surface area contributed by atoms with Crippen LogP contribution in [0.4, 0.5) is 0 Å². The molecule has 0 amide bonds. The van der Waals surface area contributed by atoms with Crippen molar-refractivity contribution in [2.45, 2.75) is 0 Å². The molecule has 0 aliphatic heterocycles. The van der Waals surface area contributed by atoms with Crippen LogP contribution >= 0.6 is 0 Å². The van der Waals surface area contributed by atoms with E-state index in [9.17, 15) is 0 Å². The molecule has 12 aromatic rings. The van der Waals surface area contributed by atoms with Crippen LogP contribution in [0.3, 0.4) is 0 Å². The molecule has 2 heteroatoms. The average Bonchev–Trinajstić information content (AvgIpc) is 3.79. The number of rotatable bonds is 2. The summed E-state index contributed by atoms with van der Waals surface area (Å²) in [7, 11) is 0. The number of hydrogen-bond acceptors (Lipinski definition) is 2. The summed E-state index contributed by atoms with van der Waals surface area (Å²) in [5, 5.41) is 17.0. The molecule has 240 valence electrons. The molecule has 0 radical (unpaired) electrons. The van der Waals surface area contributed by atoms with E-state index in [0.717, 1.165) is 55.0 Å². The minimum atomic E-state index is 0.798. The van der Waals surface area contributed by atoms with Crippen molar-refractivity contribution in [1.82, 2.24) is 0 Å². The molecule has 0 fully saturated rings. The Balaban J connectivity index is 0.975. The number of benzene rings is 10. The van der Waals surface area contributed by atoms with Crippen molar-refractivity contribution >= 4 is 97.7 Å². The second-order valence-corrected chi connectivity index (χ2v) is 14.0. The molecule has 12 rings (SSSR count). The van der Waals surface area contributed by atoms with Gasteiger partial charge in [0.05, 0.1) is 0 Å². The van der Waals surface area contributed by atoms with Gasteiger partial charge in [-0.15, -0.1) is 0 Å². The van der Waals surface area contributed by atoms with E-state index < -0.39 is 0 Å². The molecule has 0 saturated carbocycles. The topological polar surface area (TPSA) is 26.3 Å². The minimum absolute atomic E-state index is 0.798. The predicted molar refractivity (Wildman–Crippen MR) is 219 cm³/mol. The average molecular weight is 661 g/mol. The maximum Gasteiger partial charge on any atom is 0.178 e. The molecular formula is C50H28O2. The quantitative estimate of drug-likeness (QED) is 0.173. The monoisotopic (exact) mass is 660 g/mol. The summed E-state index contributed by atoms with van der Waals surface area (Å²) in [5.41, 5.74) is 8.01. The predicted octanol–water partition coefficient (Wildman–Crippen LogP) is 14.6. The normalized spacial score (nSPS) is 12.2. The van der Waals surface area contributed by atoms with E-state index in [1.807, 2.05) is 18.2 Å². The van der Waals surface area contributed by atoms with Gasteiger partial charge in [0.25, 0.3) is 0 Å². The van der Waals surface area contributed by atoms with Gasteiger partial charge >= 0.3 is 0 Å². The number of furan rings is 2. The second-order valence-electron chi connectivity index (χ2n) is 14.0. The van der Waals surface area contributed by atoms with Crippen LogP contribution in [0.2, 0.25) is 0 Å². The van der Waals surface area contributed by atoms with Gasteiger partial charge in [0.15, 0.2) is 11.2 Å². The summed E-state index contributed by atoms with van der Waals surface area (Å²) in [6, 6.07) is 61.6. The lowest BCUT2D eigenvalue weighted by Crippen LogP contribution is -1.86. The molecule has 2 nitrogen and oxygen atoms in total. The van der Waals surface area contributed by atoms with Crippen molar-refractivity contribution in [2.24, 2.45) is 0 Å². The third-order valence-electron chi connectivity index (χ3n) is 11.2. The highest BCUT2D eigenvalue weighted by molar-refractivity contribution is 6.26. The van der Waals surface area contributed by atoms with Gasteiger partial charge in [0, 0.05) is 27.1 Å². The van der Waals surface area contributed by atoms with Gasteiger partial charge in [-0.2, -0.15) is 0 Å². The molecule has 0 bridgehead atoms. The van der Waals surface area contributed by atoms with Gasteiger partial charge in [-0.05, 0) is 107 Å². The van der Waals surface area contributed by atoms with Gasteiger partial charge in [-0.3, -0.25) is 0 Å². The van der Waals surface area contributed by atoms with Crippen LogP contribution in [-0.4, -0.2) is 0 Å². The van der Waals surface area contributed by atoms with Crippen molar-refractivity contribution < 1.29 is 8.83 Å². The zero-order chi connectivity index (χ0) is 33.9. The first kappa shape index (κ1) is 27.9. The van der Waals surface area contributed by atoms with Gasteiger partial charge < -0.3 is 8.83 Å². The van der Waals surface area contributed by atoms with E-state index >= 15 is 0 Å². The molecule has 0 atom stereocenters. The first-order valence-electron chi connectivity index (χ1n) is 17.8. The molecule has 0 saturated heterocycles. The summed E-state index contributed by atoms with van der Waals surface area (Å²) in [5.74, 6) is 0. The van der Waals surface area contributed by atoms with Crippen LogP contribution in [0.25, 0.3) is 120 Å². The highest BCUT2D eigenvalue weighted by atomic mass is 16.4. The molecule has 52 heavy (non-hydrogen) atoms. The van der Waals surface area contributed by atoms with Crippen LogP contribution in [0.1, 0.15) is 0 Å². The van der Waals surface area contributed by atoms with Gasteiger partial charge in [0.2, 0.25) is 0 Å². The Morgan fingerprint density at radius 1 is 0.250 bits per heavy atom. The maximum absolute atomic E-state index is 6.70. The maximum atomic E-state index is 6.70. The molecule has 0 aliphatic carbocycles. The molecule has 2 heterocycles. The second kappa shape index (κ2) is 10.3. The molecule has 0 unspecified atom stereocenters. The highest BCUT2D eigenvalue weighted by Gasteiger charge is 2.18. The Kier molecular flexibility index (Phi) is 5.53. The Labute approximate surface area is 297 Å². The molecule has 10 aromatic carbocycles. The summed E-state index contributed by atoms with van der Waals surface area (Å²) in [4.78, 5) is 0. The van der Waals surface area contributed by atoms with Crippen molar-refractivity contribution in [3.63, 3.8) is 0 Å². The minimum Gasteiger partial charge on any atom is -0.452 e. The van der Waals surface area contributed by atoms with E-state index in [2.05, 4.69) is 152 Å². The van der Waals surface area contributed by atoms with Gasteiger partial charge in [0.1, 0.15) is 11.2 Å². The lowest BCUT2D eigenvalue weighted by atomic mass is 9.91. The third-order valence-corrected chi connectivity index (χ3v) is 11.2. The SMILES string of the molecule is c1ccc2c(c1)oc1c2ccc2c3cccc(-c4ccc5c(ccc6cc(-c7ccc8c9ccccc9c9ccccc9c8c7)ccc65)c4)c3oc21. The number of para-hydroxylation sites is 2. The Morgan fingerprint density at radius 3 is 1.42 bits per heavy atom. The Bertz CT molecular complexity index is 3430. The summed E-state index contributed by atoms with van der Waals surface area (Å²) in [6.45, 7) is 0. The van der Waals surface area contributed by atoms with Crippen LogP contribution < -0.4 is 0 Å². The summed E-state index contributed by atoms with van der Waals surface area (Å²) >= 11 is 0. The first-order chi connectivity index (χ1) is 25.8. The van der Waals surface area contributed by atoms with E-state index in [1.165, 1.54) is 65.0 Å². The van der Waals surface area contributed by atoms with E-state index in [-0.39, 0.29) is 0 Å². The van der Waals surface area contributed by atoms with Crippen LogP contribution in [0.15, 0.2) is 179 Å². The number of fused-ring (bicyclic) bond motifs is 16. The van der Waals surface area contributed by atoms with Crippen molar-refractivity contribution in [1.29, 1.82) is 0 Å². The largest absolute Gasteiger partial charge is 0.452 e. The Hall–Kier alpha value is -6.90. The molecule has 0 aliphatic rings. The number of hydrogen-bond donors (Lipinski definition) is 0. The lowest BCUT2D eigenvalue weighted by Gasteiger charge is -2.13. The highest BCUT2D eigenvalue weighted by Crippen LogP contribution is 2.43. The van der Waals surface area contributed by atoms with Crippen molar-refractivity contribution in [3.8, 4) is 22.3 Å². The van der Waals surface area contributed by atoms with Gasteiger partial charge in [-0.25, -0.2) is 0 Å². The van der Waals surface area contributed by atoms with Crippen LogP contribution in [-0.2, 0) is 0 Å². The summed E-state index contributed by atoms with van der Waals surface area (Å²) < 4.78 is 13.0. The fourth-order valence-corrected chi connectivity index (χ4v) is 8.77. The fraction of sp³-hybridized carbons (Fsp3) is 0. The zero-order valence-corrected chi connectivity index (χ0v) is 28.0. The first-order valence-corrected chi connectivity index (χ1v) is 17.8. The molecule has 0 N–H and O–H groups in total. The lowest BCUT2D eigenvalue weighted by molar-refractivity contribution is 0.634. The van der Waals surface area contributed by atoms with Gasteiger partial charge in [-0.1, -0.05) is 133 Å². The Morgan fingerprint density at radius 2 is 0.712 bits per heavy atom. The van der Waals surface area contributed by atoms with E-state index in [1.54, 1.807) is 0 Å². The van der Waals surface area contributed by atoms with E-state index in [0.29, 0.717) is 0 Å². The standard InChI is InChI=1S/C50H28O2/c1-2-10-39-37(8-1)38-9-3-4-11-40(38)46-28-30(19-23-41(39)46)29-18-21-34-31(26-29)16-17-32-27-33(20-22-35(32)34)36-13-7-14-43-45-25-24-44-42-12-5-6-15-47(42)51-49(44)50(45)52-48(36)43/h1-28H. The van der Waals surface area contributed by atoms with E-state index in [4.69, 9.17) is 8.83 Å². The smallest absolute Gasteiger partial charge is 0.178 e. The molecule has 0 spiro atoms. The zero-order valence-electron chi connectivity index (χ0n) is 28.0. The molecular weight excluding hydrogens is 633 g/mol. The van der Waals surface area contributed by atoms with Crippen molar-refractivity contribution in [3.05, 3.63) is 170 Å². The van der Waals surface area contributed by atoms with Crippen LogP contribution in [0.5, 0.6) is 0 Å². The van der Waals surface area contributed by atoms with Crippen LogP contribution in [0, 0.1) is 0 Å². The summed E-state index contributed by atoms with van der Waals surface area (Å²) in [6.07, 6.45) is 0. The van der Waals surface area contributed by atoms with Crippen molar-refractivity contribution in [2.75, 3.05) is 0 Å². The molecule has 2 aromatic heterocycles. The fourth-order valence-electron chi connectivity index (χ4n) is 8.77. The third kappa shape index (κ3) is 3.84.